The van der Waals surface area contributed by atoms with Crippen LogP contribution in [0.5, 0.6) is 0 Å². The minimum atomic E-state index is -0.0681. The molecule has 1 aromatic rings. The summed E-state index contributed by atoms with van der Waals surface area (Å²) in [4.78, 5) is 9.14. The lowest BCUT2D eigenvalue weighted by atomic mass is 10.2. The van der Waals surface area contributed by atoms with E-state index in [9.17, 15) is 0 Å². The van der Waals surface area contributed by atoms with Gasteiger partial charge in [0.05, 0.1) is 12.6 Å². The Balaban J connectivity index is 1.66. The van der Waals surface area contributed by atoms with Crippen LogP contribution in [0.15, 0.2) is 4.52 Å². The van der Waals surface area contributed by atoms with Crippen molar-refractivity contribution in [3.8, 4) is 0 Å². The molecule has 7 nitrogen and oxygen atoms in total. The number of nitrogens with one attached hydrogen (secondary N) is 1. The number of hydrogen-bond acceptors (Lipinski definition) is 7. The summed E-state index contributed by atoms with van der Waals surface area (Å²) in [7, 11) is 2.08. The Morgan fingerprint density at radius 2 is 2.10 bits per heavy atom. The lowest BCUT2D eigenvalue weighted by molar-refractivity contribution is -0.0264. The van der Waals surface area contributed by atoms with Gasteiger partial charge < -0.3 is 19.5 Å². The zero-order valence-electron chi connectivity index (χ0n) is 12.2. The van der Waals surface area contributed by atoms with Crippen molar-refractivity contribution in [2.45, 2.75) is 19.1 Å². The molecule has 7 heteroatoms. The minimum Gasteiger partial charge on any atom is -0.367 e. The van der Waals surface area contributed by atoms with E-state index >= 15 is 0 Å². The van der Waals surface area contributed by atoms with Crippen LogP contribution in [0.25, 0.3) is 0 Å². The molecule has 20 heavy (non-hydrogen) atoms. The molecule has 2 unspecified atom stereocenters. The number of aromatic nitrogens is 2. The Morgan fingerprint density at radius 1 is 1.30 bits per heavy atom. The molecule has 2 saturated heterocycles. The fraction of sp³-hybridized carbons (Fsp3) is 0.846. The summed E-state index contributed by atoms with van der Waals surface area (Å²) < 4.78 is 11.2. The van der Waals surface area contributed by atoms with Crippen LogP contribution < -0.4 is 5.32 Å². The largest absolute Gasteiger partial charge is 0.367 e. The average Bonchev–Trinajstić information content (AvgIpc) is 2.97. The zero-order valence-corrected chi connectivity index (χ0v) is 12.2. The van der Waals surface area contributed by atoms with Gasteiger partial charge in [-0.2, -0.15) is 4.98 Å². The van der Waals surface area contributed by atoms with Gasteiger partial charge in [-0.25, -0.2) is 0 Å². The molecule has 0 radical (unpaired) electrons. The van der Waals surface area contributed by atoms with Crippen molar-refractivity contribution in [3.05, 3.63) is 11.7 Å². The summed E-state index contributed by atoms with van der Waals surface area (Å²) in [6.45, 7) is 8.68. The molecule has 0 spiro atoms. The fourth-order valence-corrected chi connectivity index (χ4v) is 2.71. The van der Waals surface area contributed by atoms with Crippen molar-refractivity contribution < 1.29 is 9.26 Å². The maximum atomic E-state index is 5.72. The average molecular weight is 281 g/mol. The van der Waals surface area contributed by atoms with E-state index in [-0.39, 0.29) is 12.1 Å². The smallest absolute Gasteiger partial charge is 0.243 e. The summed E-state index contributed by atoms with van der Waals surface area (Å²) >= 11 is 0. The summed E-state index contributed by atoms with van der Waals surface area (Å²) in [6, 6.07) is 0.166. The second kappa shape index (κ2) is 6.17. The van der Waals surface area contributed by atoms with Crippen molar-refractivity contribution in [1.29, 1.82) is 0 Å². The van der Waals surface area contributed by atoms with Crippen LogP contribution in [0.3, 0.4) is 0 Å². The summed E-state index contributed by atoms with van der Waals surface area (Å²) in [5.74, 6) is 1.37. The molecule has 0 saturated carbocycles. The molecule has 2 fully saturated rings. The van der Waals surface area contributed by atoms with Gasteiger partial charge in [0.25, 0.3) is 0 Å². The number of rotatable bonds is 3. The Labute approximate surface area is 119 Å². The Bertz CT molecular complexity index is 432. The third-order valence-electron chi connectivity index (χ3n) is 4.07. The third kappa shape index (κ3) is 3.01. The highest BCUT2D eigenvalue weighted by Gasteiger charge is 2.27. The predicted octanol–water partition coefficient (Wildman–Crippen LogP) is 0.0389. The molecular weight excluding hydrogens is 258 g/mol. The van der Waals surface area contributed by atoms with Crippen LogP contribution in [-0.2, 0) is 4.74 Å². The SMILES string of the molecule is CC(c1nc(C2CN(C)CCO2)no1)N1CCNCC1. The highest BCUT2D eigenvalue weighted by Crippen LogP contribution is 2.23. The Morgan fingerprint density at radius 3 is 2.85 bits per heavy atom. The normalized spacial score (nSPS) is 27.6. The molecule has 0 aromatic carbocycles. The summed E-state index contributed by atoms with van der Waals surface area (Å²) in [5, 5.41) is 7.46. The van der Waals surface area contributed by atoms with Crippen LogP contribution in [0.4, 0.5) is 0 Å². The van der Waals surface area contributed by atoms with Crippen LogP contribution in [0.2, 0.25) is 0 Å². The van der Waals surface area contributed by atoms with E-state index in [0.29, 0.717) is 11.7 Å². The maximum Gasteiger partial charge on any atom is 0.243 e. The predicted molar refractivity (Wildman–Crippen MR) is 73.3 cm³/mol. The van der Waals surface area contributed by atoms with E-state index in [1.165, 1.54) is 0 Å². The molecule has 3 rings (SSSR count). The van der Waals surface area contributed by atoms with E-state index in [0.717, 1.165) is 45.9 Å². The van der Waals surface area contributed by atoms with Crippen molar-refractivity contribution in [3.63, 3.8) is 0 Å². The van der Waals surface area contributed by atoms with Crippen LogP contribution in [0, 0.1) is 0 Å². The van der Waals surface area contributed by atoms with Crippen molar-refractivity contribution in [2.24, 2.45) is 0 Å². The van der Waals surface area contributed by atoms with Crippen molar-refractivity contribution in [2.75, 3.05) is 52.9 Å². The molecule has 2 aliphatic heterocycles. The highest BCUT2D eigenvalue weighted by molar-refractivity contribution is 4.97. The number of ether oxygens (including phenoxy) is 1. The number of nitrogens with zero attached hydrogens (tertiary/aromatic N) is 4. The molecule has 1 aromatic heterocycles. The molecule has 0 amide bonds. The number of hydrogen-bond donors (Lipinski definition) is 1. The topological polar surface area (TPSA) is 66.7 Å². The molecule has 2 aliphatic rings. The summed E-state index contributed by atoms with van der Waals surface area (Å²) in [5.41, 5.74) is 0. The first-order valence-electron chi connectivity index (χ1n) is 7.32. The van der Waals surface area contributed by atoms with Crippen molar-refractivity contribution >= 4 is 0 Å². The lowest BCUT2D eigenvalue weighted by Crippen LogP contribution is -2.44. The first-order chi connectivity index (χ1) is 9.74. The standard InChI is InChI=1S/C13H23N5O2/c1-10(18-5-3-14-4-6-18)13-15-12(16-20-13)11-9-17(2)7-8-19-11/h10-11,14H,3-9H2,1-2H3. The molecule has 112 valence electrons. The molecule has 1 N–H and O–H groups in total. The van der Waals surface area contributed by atoms with E-state index < -0.39 is 0 Å². The zero-order chi connectivity index (χ0) is 13.9. The first-order valence-corrected chi connectivity index (χ1v) is 7.32. The minimum absolute atomic E-state index is 0.0681. The van der Waals surface area contributed by atoms with Gasteiger partial charge in [0, 0.05) is 39.3 Å². The quantitative estimate of drug-likeness (QED) is 0.839. The highest BCUT2D eigenvalue weighted by atomic mass is 16.5. The van der Waals surface area contributed by atoms with Gasteiger partial charge in [0.2, 0.25) is 11.7 Å². The maximum absolute atomic E-state index is 5.72. The molecule has 2 atom stereocenters. The van der Waals surface area contributed by atoms with Crippen LogP contribution in [-0.4, -0.2) is 72.9 Å². The fourth-order valence-electron chi connectivity index (χ4n) is 2.71. The number of morpholine rings is 1. The van der Waals surface area contributed by atoms with Crippen LogP contribution in [0.1, 0.15) is 30.8 Å². The van der Waals surface area contributed by atoms with Gasteiger partial charge in [0.15, 0.2) is 0 Å². The van der Waals surface area contributed by atoms with Crippen LogP contribution >= 0.6 is 0 Å². The number of piperazine rings is 1. The van der Waals surface area contributed by atoms with E-state index in [4.69, 9.17) is 9.26 Å². The lowest BCUT2D eigenvalue weighted by Gasteiger charge is -2.30. The van der Waals surface area contributed by atoms with Gasteiger partial charge in [-0.15, -0.1) is 0 Å². The second-order valence-electron chi connectivity index (χ2n) is 5.57. The Kier molecular flexibility index (Phi) is 4.30. The number of likely N-dealkylation sites (N-methyl/N-ethyl adjacent to an activating group) is 1. The first kappa shape index (κ1) is 13.9. The molecule has 0 aliphatic carbocycles. The van der Waals surface area contributed by atoms with E-state index in [2.05, 4.69) is 39.2 Å². The Hall–Kier alpha value is -1.02. The molecule has 3 heterocycles. The monoisotopic (exact) mass is 281 g/mol. The second-order valence-corrected chi connectivity index (χ2v) is 5.57. The van der Waals surface area contributed by atoms with E-state index in [1.807, 2.05) is 0 Å². The van der Waals surface area contributed by atoms with Gasteiger partial charge in [-0.05, 0) is 14.0 Å². The van der Waals surface area contributed by atoms with Gasteiger partial charge in [0.1, 0.15) is 6.10 Å². The van der Waals surface area contributed by atoms with Gasteiger partial charge in [-0.3, -0.25) is 4.90 Å². The van der Waals surface area contributed by atoms with E-state index in [1.54, 1.807) is 0 Å². The summed E-state index contributed by atoms with van der Waals surface area (Å²) in [6.07, 6.45) is -0.0681. The molecule has 0 bridgehead atoms. The van der Waals surface area contributed by atoms with Crippen molar-refractivity contribution in [1.82, 2.24) is 25.3 Å². The molecular formula is C13H23N5O2. The third-order valence-corrected chi connectivity index (χ3v) is 4.07. The van der Waals surface area contributed by atoms with Gasteiger partial charge in [-0.1, -0.05) is 5.16 Å². The van der Waals surface area contributed by atoms with Gasteiger partial charge >= 0.3 is 0 Å².